The molecule has 1 aromatic rings. The summed E-state index contributed by atoms with van der Waals surface area (Å²) in [7, 11) is 0. The first-order valence-electron chi connectivity index (χ1n) is 8.50. The third kappa shape index (κ3) is 7.23. The van der Waals surface area contributed by atoms with Gasteiger partial charge in [0.15, 0.2) is 0 Å². The number of rotatable bonds is 9. The van der Waals surface area contributed by atoms with Gasteiger partial charge in [-0.05, 0) is 25.0 Å². The van der Waals surface area contributed by atoms with Crippen LogP contribution in [0, 0.1) is 0 Å². The van der Waals surface area contributed by atoms with Crippen molar-refractivity contribution in [1.82, 2.24) is 20.5 Å². The monoisotopic (exact) mass is 366 g/mol. The van der Waals surface area contributed by atoms with Gasteiger partial charge in [-0.25, -0.2) is 0 Å². The molecule has 1 fully saturated rings. The highest BCUT2D eigenvalue weighted by Gasteiger charge is 2.29. The summed E-state index contributed by atoms with van der Waals surface area (Å²) in [6, 6.07) is 5.30. The first-order valence-corrected chi connectivity index (χ1v) is 8.50. The molecule has 7 heteroatoms. The number of nitrogens with zero attached hydrogens (tertiary/aromatic N) is 2. The van der Waals surface area contributed by atoms with Crippen molar-refractivity contribution < 1.29 is 9.59 Å². The van der Waals surface area contributed by atoms with Crippen LogP contribution in [0.5, 0.6) is 0 Å². The normalized spacial score (nSPS) is 16.9. The predicted octanol–water partition coefficient (Wildman–Crippen LogP) is 1.32. The van der Waals surface area contributed by atoms with Gasteiger partial charge in [0.05, 0.1) is 12.5 Å². The van der Waals surface area contributed by atoms with Gasteiger partial charge in [-0.15, -0.1) is 19.0 Å². The summed E-state index contributed by atoms with van der Waals surface area (Å²) in [5.74, 6) is -0.0880. The van der Waals surface area contributed by atoms with Crippen molar-refractivity contribution in [1.29, 1.82) is 0 Å². The summed E-state index contributed by atoms with van der Waals surface area (Å²) < 4.78 is 0. The summed E-state index contributed by atoms with van der Waals surface area (Å²) in [4.78, 5) is 30.5. The zero-order chi connectivity index (χ0) is 17.2. The van der Waals surface area contributed by atoms with Crippen LogP contribution >= 0.6 is 12.4 Å². The summed E-state index contributed by atoms with van der Waals surface area (Å²) in [5.41, 5.74) is 0.943. The molecule has 1 aliphatic rings. The van der Waals surface area contributed by atoms with E-state index in [9.17, 15) is 9.59 Å². The molecule has 0 spiro atoms. The summed E-state index contributed by atoms with van der Waals surface area (Å²) in [5, 5.41) is 6.01. The molecule has 2 rings (SSSR count). The fraction of sp³-hybridized carbons (Fsp3) is 0.500. The number of nitrogens with one attached hydrogen (secondary N) is 2. The van der Waals surface area contributed by atoms with E-state index in [4.69, 9.17) is 0 Å². The highest BCUT2D eigenvalue weighted by Crippen LogP contribution is 2.07. The van der Waals surface area contributed by atoms with Crippen molar-refractivity contribution in [3.63, 3.8) is 0 Å². The predicted molar refractivity (Wildman–Crippen MR) is 101 cm³/mol. The average Bonchev–Trinajstić information content (AvgIpc) is 2.59. The van der Waals surface area contributed by atoms with E-state index in [1.807, 2.05) is 29.2 Å². The van der Waals surface area contributed by atoms with Gasteiger partial charge in [-0.2, -0.15) is 0 Å². The quantitative estimate of drug-likeness (QED) is 0.510. The molecule has 2 amide bonds. The standard InChI is InChI=1S/C18H26N4O2.ClH/c1-2-3-6-12-22-13-11-20-16(18(22)24)14-17(23)21-10-8-15-7-4-5-9-19-15;/h2,4-5,7,9,16,20H,1,3,6,8,10-14H2,(H,21,23);1H. The van der Waals surface area contributed by atoms with Gasteiger partial charge in [0.25, 0.3) is 0 Å². The molecule has 0 bridgehead atoms. The van der Waals surface area contributed by atoms with Crippen LogP contribution in [0.4, 0.5) is 0 Å². The number of allylic oxidation sites excluding steroid dienone is 1. The molecule has 138 valence electrons. The van der Waals surface area contributed by atoms with Crippen molar-refractivity contribution in [2.24, 2.45) is 0 Å². The SMILES string of the molecule is C=CCCCN1CCNC(CC(=O)NCCc2ccccn2)C1=O.Cl. The first-order chi connectivity index (χ1) is 11.7. The smallest absolute Gasteiger partial charge is 0.240 e. The van der Waals surface area contributed by atoms with Crippen LogP contribution in [-0.4, -0.2) is 53.9 Å². The van der Waals surface area contributed by atoms with Crippen molar-refractivity contribution >= 4 is 24.2 Å². The van der Waals surface area contributed by atoms with E-state index < -0.39 is 6.04 Å². The summed E-state index contributed by atoms with van der Waals surface area (Å²) in [6.07, 6.45) is 6.28. The summed E-state index contributed by atoms with van der Waals surface area (Å²) >= 11 is 0. The van der Waals surface area contributed by atoms with Crippen molar-refractivity contribution in [3.8, 4) is 0 Å². The molecule has 1 unspecified atom stereocenters. The molecule has 25 heavy (non-hydrogen) atoms. The van der Waals surface area contributed by atoms with Crippen molar-refractivity contribution in [2.45, 2.75) is 31.7 Å². The molecule has 0 aromatic carbocycles. The fourth-order valence-electron chi connectivity index (χ4n) is 2.73. The second-order valence-electron chi connectivity index (χ2n) is 5.89. The van der Waals surface area contributed by atoms with Crippen molar-refractivity contribution in [3.05, 3.63) is 42.7 Å². The van der Waals surface area contributed by atoms with E-state index in [0.29, 0.717) is 19.5 Å². The van der Waals surface area contributed by atoms with E-state index >= 15 is 0 Å². The van der Waals surface area contributed by atoms with E-state index in [1.165, 1.54) is 0 Å². The van der Waals surface area contributed by atoms with Crippen LogP contribution < -0.4 is 10.6 Å². The van der Waals surface area contributed by atoms with Crippen LogP contribution in [-0.2, 0) is 16.0 Å². The zero-order valence-electron chi connectivity index (χ0n) is 14.4. The third-order valence-corrected chi connectivity index (χ3v) is 4.04. The van der Waals surface area contributed by atoms with Crippen LogP contribution in [0.3, 0.4) is 0 Å². The lowest BCUT2D eigenvalue weighted by Crippen LogP contribution is -2.56. The largest absolute Gasteiger partial charge is 0.356 e. The minimum atomic E-state index is -0.419. The van der Waals surface area contributed by atoms with E-state index in [2.05, 4.69) is 22.2 Å². The number of carbonyl (C=O) groups is 2. The molecular formula is C18H27ClN4O2. The maximum atomic E-state index is 12.4. The average molecular weight is 367 g/mol. The number of amides is 2. The molecule has 1 aliphatic heterocycles. The first kappa shape index (κ1) is 21.1. The molecule has 1 atom stereocenters. The maximum Gasteiger partial charge on any atom is 0.240 e. The van der Waals surface area contributed by atoms with E-state index in [1.54, 1.807) is 6.20 Å². The number of carbonyl (C=O) groups excluding carboxylic acids is 2. The second-order valence-corrected chi connectivity index (χ2v) is 5.89. The Bertz CT molecular complexity index is 553. The second kappa shape index (κ2) is 11.6. The van der Waals surface area contributed by atoms with Crippen molar-refractivity contribution in [2.75, 3.05) is 26.2 Å². The number of halogens is 1. The highest BCUT2D eigenvalue weighted by molar-refractivity contribution is 5.88. The number of hydrogen-bond acceptors (Lipinski definition) is 4. The molecule has 1 aromatic heterocycles. The molecule has 2 heterocycles. The minimum absolute atomic E-state index is 0. The number of aromatic nitrogens is 1. The molecule has 0 aliphatic carbocycles. The fourth-order valence-corrected chi connectivity index (χ4v) is 2.73. The van der Waals surface area contributed by atoms with Gasteiger partial charge >= 0.3 is 0 Å². The van der Waals surface area contributed by atoms with Crippen LogP contribution in [0.1, 0.15) is 25.0 Å². The van der Waals surface area contributed by atoms with Gasteiger partial charge in [-0.3, -0.25) is 14.6 Å². The molecule has 0 saturated carbocycles. The van der Waals surface area contributed by atoms with E-state index in [0.717, 1.165) is 31.6 Å². The van der Waals surface area contributed by atoms with Crippen LogP contribution in [0.2, 0.25) is 0 Å². The minimum Gasteiger partial charge on any atom is -0.356 e. The molecule has 6 nitrogen and oxygen atoms in total. The Kier molecular flexibility index (Phi) is 9.80. The lowest BCUT2D eigenvalue weighted by molar-refractivity contribution is -0.138. The number of piperazine rings is 1. The number of pyridine rings is 1. The van der Waals surface area contributed by atoms with Crippen LogP contribution in [0.25, 0.3) is 0 Å². The molecular weight excluding hydrogens is 340 g/mol. The van der Waals surface area contributed by atoms with Gasteiger partial charge in [0.1, 0.15) is 0 Å². The Balaban J connectivity index is 0.00000312. The lowest BCUT2D eigenvalue weighted by atomic mass is 10.1. The Hall–Kier alpha value is -1.92. The maximum absolute atomic E-state index is 12.4. The third-order valence-electron chi connectivity index (χ3n) is 4.04. The Morgan fingerprint density at radius 1 is 1.48 bits per heavy atom. The number of unbranched alkanes of at least 4 members (excludes halogenated alkanes) is 1. The van der Waals surface area contributed by atoms with Gasteiger partial charge in [-0.1, -0.05) is 12.1 Å². The lowest BCUT2D eigenvalue weighted by Gasteiger charge is -2.33. The topological polar surface area (TPSA) is 74.3 Å². The Morgan fingerprint density at radius 3 is 3.04 bits per heavy atom. The molecule has 0 radical (unpaired) electrons. The van der Waals surface area contributed by atoms with Gasteiger partial charge < -0.3 is 15.5 Å². The van der Waals surface area contributed by atoms with E-state index in [-0.39, 0.29) is 30.6 Å². The highest BCUT2D eigenvalue weighted by atomic mass is 35.5. The van der Waals surface area contributed by atoms with Crippen LogP contribution in [0.15, 0.2) is 37.1 Å². The Morgan fingerprint density at radius 2 is 2.32 bits per heavy atom. The van der Waals surface area contributed by atoms with Gasteiger partial charge in [0.2, 0.25) is 11.8 Å². The summed E-state index contributed by atoms with van der Waals surface area (Å²) in [6.45, 7) is 6.38. The number of hydrogen-bond donors (Lipinski definition) is 2. The molecule has 1 saturated heterocycles. The molecule has 2 N–H and O–H groups in total. The Labute approximate surface area is 155 Å². The van der Waals surface area contributed by atoms with Gasteiger partial charge in [0, 0.05) is 44.5 Å². The zero-order valence-corrected chi connectivity index (χ0v) is 15.3.